The van der Waals surface area contributed by atoms with Crippen LogP contribution in [0.2, 0.25) is 0 Å². The van der Waals surface area contributed by atoms with Crippen LogP contribution in [0, 0.1) is 13.8 Å². The maximum absolute atomic E-state index is 11.4. The summed E-state index contributed by atoms with van der Waals surface area (Å²) < 4.78 is 31.3. The summed E-state index contributed by atoms with van der Waals surface area (Å²) in [4.78, 5) is 6.18. The van der Waals surface area contributed by atoms with E-state index in [1.165, 1.54) is 11.1 Å². The molecule has 0 saturated heterocycles. The molecule has 9 heteroatoms. The zero-order valence-electron chi connectivity index (χ0n) is 17.3. The van der Waals surface area contributed by atoms with Crippen LogP contribution in [-0.4, -0.2) is 64.9 Å². The average Bonchev–Trinajstić information content (AvgIpc) is 2.44. The van der Waals surface area contributed by atoms with Crippen LogP contribution in [0.5, 0.6) is 5.75 Å². The van der Waals surface area contributed by atoms with E-state index < -0.39 is 15.6 Å². The van der Waals surface area contributed by atoms with Crippen LogP contribution in [0.4, 0.5) is 0 Å². The summed E-state index contributed by atoms with van der Waals surface area (Å²) in [6, 6.07) is 6.13. The molecule has 0 radical (unpaired) electrons. The fourth-order valence-electron chi connectivity index (χ4n) is 2.65. The first kappa shape index (κ1) is 25.9. The summed E-state index contributed by atoms with van der Waals surface area (Å²) in [5.74, 6) is 1.54. The lowest BCUT2D eigenvalue weighted by molar-refractivity contribution is 0.280. The van der Waals surface area contributed by atoms with Gasteiger partial charge in [-0.1, -0.05) is 6.07 Å². The van der Waals surface area contributed by atoms with Crippen molar-refractivity contribution in [1.29, 1.82) is 0 Å². The van der Waals surface area contributed by atoms with Crippen LogP contribution >= 0.6 is 24.0 Å². The first-order valence-electron chi connectivity index (χ1n) is 8.54. The summed E-state index contributed by atoms with van der Waals surface area (Å²) >= 11 is 0. The molecule has 2 N–H and O–H groups in total. The number of nitrogens with one attached hydrogen (secondary N) is 2. The molecular weight excluding hydrogens is 479 g/mol. The number of halogens is 1. The lowest BCUT2D eigenvalue weighted by Crippen LogP contribution is -2.53. The molecule has 0 atom stereocenters. The number of ether oxygens (including phenoxy) is 1. The Morgan fingerprint density at radius 1 is 1.22 bits per heavy atom. The number of likely N-dealkylation sites (N-methyl/N-ethyl adjacent to an activating group) is 1. The molecule has 0 heterocycles. The Hall–Kier alpha value is -1.07. The van der Waals surface area contributed by atoms with Crippen LogP contribution in [0.1, 0.15) is 25.0 Å². The normalized spacial score (nSPS) is 12.3. The summed E-state index contributed by atoms with van der Waals surface area (Å²) in [6.45, 7) is 9.30. The highest BCUT2D eigenvalue weighted by Crippen LogP contribution is 2.16. The van der Waals surface area contributed by atoms with Crippen molar-refractivity contribution in [3.05, 3.63) is 29.3 Å². The number of sulfonamides is 1. The fourth-order valence-corrected chi connectivity index (χ4v) is 3.72. The number of benzene rings is 1. The number of aryl methyl sites for hydroxylation is 2. The van der Waals surface area contributed by atoms with Gasteiger partial charge in [-0.2, -0.15) is 0 Å². The molecule has 0 unspecified atom stereocenters. The Balaban J connectivity index is 0.00000676. The van der Waals surface area contributed by atoms with Crippen LogP contribution in [0.25, 0.3) is 0 Å². The Morgan fingerprint density at radius 3 is 2.26 bits per heavy atom. The second-order valence-corrected chi connectivity index (χ2v) is 9.00. The molecule has 1 aromatic carbocycles. The molecule has 0 aliphatic rings. The third-order valence-corrected chi connectivity index (χ3v) is 4.54. The summed E-state index contributed by atoms with van der Waals surface area (Å²) in [5.41, 5.74) is 1.72. The van der Waals surface area contributed by atoms with Gasteiger partial charge in [-0.15, -0.1) is 24.0 Å². The topological polar surface area (TPSA) is 83.0 Å². The Labute approximate surface area is 181 Å². The maximum atomic E-state index is 11.4. The van der Waals surface area contributed by atoms with E-state index in [0.717, 1.165) is 12.0 Å². The molecule has 0 amide bonds. The third kappa shape index (κ3) is 10.7. The molecule has 0 aromatic heterocycles. The first-order valence-corrected chi connectivity index (χ1v) is 10.4. The summed E-state index contributed by atoms with van der Waals surface area (Å²) in [5, 5.41) is 3.19. The molecule has 0 saturated carbocycles. The van der Waals surface area contributed by atoms with Gasteiger partial charge in [-0.3, -0.25) is 4.99 Å². The number of hydrogen-bond donors (Lipinski definition) is 2. The fraction of sp³-hybridized carbons (Fsp3) is 0.611. The van der Waals surface area contributed by atoms with Gasteiger partial charge in [0, 0.05) is 26.2 Å². The Kier molecular flexibility index (Phi) is 10.6. The molecule has 0 aliphatic heterocycles. The number of guanidine groups is 1. The minimum Gasteiger partial charge on any atom is -0.492 e. The van der Waals surface area contributed by atoms with Crippen molar-refractivity contribution in [3.8, 4) is 5.75 Å². The molecule has 156 valence electrons. The SMILES string of the molecule is CN=C(NCC(C)(C)NS(C)(=O)=O)N(C)CCOc1cc(C)cc(C)c1.I. The minimum atomic E-state index is -3.27. The number of hydrogen-bond acceptors (Lipinski definition) is 4. The van der Waals surface area contributed by atoms with Crippen molar-refractivity contribution in [2.45, 2.75) is 33.2 Å². The standard InChI is InChI=1S/C18H32N4O3S.HI/c1-14-10-15(2)12-16(11-14)25-9-8-22(6)17(19-5)20-13-18(3,4)21-26(7,23)24;/h10-12,21H,8-9,13H2,1-7H3,(H,19,20);1H. The van der Waals surface area contributed by atoms with Crippen LogP contribution in [0.15, 0.2) is 23.2 Å². The number of nitrogens with zero attached hydrogens (tertiary/aromatic N) is 2. The van der Waals surface area contributed by atoms with E-state index in [2.05, 4.69) is 21.1 Å². The Bertz CT molecular complexity index is 716. The van der Waals surface area contributed by atoms with Gasteiger partial charge in [-0.25, -0.2) is 13.1 Å². The highest BCUT2D eigenvalue weighted by molar-refractivity contribution is 14.0. The van der Waals surface area contributed by atoms with Gasteiger partial charge in [0.05, 0.1) is 12.8 Å². The second-order valence-electron chi connectivity index (χ2n) is 7.25. The highest BCUT2D eigenvalue weighted by atomic mass is 127. The average molecular weight is 512 g/mol. The van der Waals surface area contributed by atoms with Crippen LogP contribution in [0.3, 0.4) is 0 Å². The van der Waals surface area contributed by atoms with Gasteiger partial charge in [-0.05, 0) is 51.0 Å². The van der Waals surface area contributed by atoms with E-state index in [1.807, 2.05) is 51.8 Å². The van der Waals surface area contributed by atoms with E-state index in [9.17, 15) is 8.42 Å². The van der Waals surface area contributed by atoms with Gasteiger partial charge in [0.15, 0.2) is 5.96 Å². The minimum absolute atomic E-state index is 0. The van der Waals surface area contributed by atoms with Crippen molar-refractivity contribution >= 4 is 40.0 Å². The monoisotopic (exact) mass is 512 g/mol. The van der Waals surface area contributed by atoms with Crippen LogP contribution < -0.4 is 14.8 Å². The van der Waals surface area contributed by atoms with E-state index in [4.69, 9.17) is 4.74 Å². The van der Waals surface area contributed by atoms with Crippen LogP contribution in [-0.2, 0) is 10.0 Å². The van der Waals surface area contributed by atoms with Crippen molar-refractivity contribution in [3.63, 3.8) is 0 Å². The van der Waals surface area contributed by atoms with E-state index in [0.29, 0.717) is 25.7 Å². The van der Waals surface area contributed by atoms with Crippen molar-refractivity contribution < 1.29 is 13.2 Å². The van der Waals surface area contributed by atoms with Crippen molar-refractivity contribution in [2.75, 3.05) is 40.0 Å². The molecule has 1 rings (SSSR count). The molecule has 0 fully saturated rings. The predicted octanol–water partition coefficient (Wildman–Crippen LogP) is 2.14. The Morgan fingerprint density at radius 2 is 1.78 bits per heavy atom. The molecule has 0 spiro atoms. The largest absolute Gasteiger partial charge is 0.492 e. The number of rotatable bonds is 8. The number of aliphatic imine (C=N–C) groups is 1. The molecule has 0 aliphatic carbocycles. The van der Waals surface area contributed by atoms with Gasteiger partial charge in [0.1, 0.15) is 12.4 Å². The molecule has 1 aromatic rings. The van der Waals surface area contributed by atoms with Gasteiger partial charge in [0.2, 0.25) is 10.0 Å². The quantitative estimate of drug-likeness (QED) is 0.317. The van der Waals surface area contributed by atoms with Gasteiger partial charge >= 0.3 is 0 Å². The van der Waals surface area contributed by atoms with Gasteiger partial charge < -0.3 is 15.0 Å². The molecule has 0 bridgehead atoms. The first-order chi connectivity index (χ1) is 11.9. The van der Waals surface area contributed by atoms with E-state index in [1.54, 1.807) is 7.05 Å². The van der Waals surface area contributed by atoms with Gasteiger partial charge in [0.25, 0.3) is 0 Å². The summed E-state index contributed by atoms with van der Waals surface area (Å²) in [6.07, 6.45) is 1.15. The lowest BCUT2D eigenvalue weighted by Gasteiger charge is -2.29. The zero-order chi connectivity index (χ0) is 20.0. The lowest BCUT2D eigenvalue weighted by atomic mass is 10.1. The maximum Gasteiger partial charge on any atom is 0.209 e. The third-order valence-electron chi connectivity index (χ3n) is 3.61. The predicted molar refractivity (Wildman–Crippen MR) is 123 cm³/mol. The van der Waals surface area contributed by atoms with Crippen molar-refractivity contribution in [2.24, 2.45) is 4.99 Å². The molecular formula is C18H33IN4O3S. The molecule has 7 nitrogen and oxygen atoms in total. The summed E-state index contributed by atoms with van der Waals surface area (Å²) in [7, 11) is 0.337. The highest BCUT2D eigenvalue weighted by Gasteiger charge is 2.22. The molecule has 27 heavy (non-hydrogen) atoms. The van der Waals surface area contributed by atoms with E-state index in [-0.39, 0.29) is 24.0 Å². The smallest absolute Gasteiger partial charge is 0.209 e. The zero-order valence-corrected chi connectivity index (χ0v) is 20.4. The van der Waals surface area contributed by atoms with Crippen molar-refractivity contribution in [1.82, 2.24) is 14.9 Å². The van der Waals surface area contributed by atoms with E-state index >= 15 is 0 Å². The second kappa shape index (κ2) is 11.1.